The van der Waals surface area contributed by atoms with Gasteiger partial charge in [-0.3, -0.25) is 4.79 Å². The van der Waals surface area contributed by atoms with Crippen LogP contribution in [0.2, 0.25) is 0 Å². The molecule has 7 aliphatic rings. The van der Waals surface area contributed by atoms with Crippen molar-refractivity contribution in [3.63, 3.8) is 0 Å². The first kappa shape index (κ1) is 26.1. The fourth-order valence-corrected chi connectivity index (χ4v) is 10.8. The average Bonchev–Trinajstić information content (AvgIpc) is 3.66. The molecule has 4 aliphatic carbocycles. The van der Waals surface area contributed by atoms with Crippen LogP contribution in [0.1, 0.15) is 65.2 Å². The third-order valence-corrected chi connectivity index (χ3v) is 12.4. The third kappa shape index (κ3) is 3.04. The summed E-state index contributed by atoms with van der Waals surface area (Å²) in [4.78, 5) is 12.7. The Morgan fingerprint density at radius 3 is 2.47 bits per heavy atom. The smallest absolute Gasteiger partial charge is 0.305 e. The van der Waals surface area contributed by atoms with E-state index in [1.54, 1.807) is 0 Å². The Morgan fingerprint density at radius 1 is 1.00 bits per heavy atom. The summed E-state index contributed by atoms with van der Waals surface area (Å²) in [6.45, 7) is 5.96. The number of carbonyl (C=O) groups is 1. The lowest BCUT2D eigenvalue weighted by Gasteiger charge is -2.68. The number of hydrogen-bond acceptors (Lipinski definition) is 10. The zero-order chi connectivity index (χ0) is 26.6. The van der Waals surface area contributed by atoms with E-state index in [1.807, 2.05) is 0 Å². The van der Waals surface area contributed by atoms with Crippen LogP contribution in [0.15, 0.2) is 0 Å². The van der Waals surface area contributed by atoms with Crippen molar-refractivity contribution >= 4 is 5.97 Å². The Morgan fingerprint density at radius 2 is 1.76 bits per heavy atom. The first-order valence-corrected chi connectivity index (χ1v) is 14.3. The molecule has 10 heteroatoms. The topological polar surface area (TPSA) is 122 Å². The maximum atomic E-state index is 12.7. The molecule has 214 valence electrons. The second kappa shape index (κ2) is 8.35. The molecule has 38 heavy (non-hydrogen) atoms. The molecule has 2 N–H and O–H groups in total. The summed E-state index contributed by atoms with van der Waals surface area (Å²) in [5.74, 6) is -2.32. The quantitative estimate of drug-likeness (QED) is 0.506. The van der Waals surface area contributed by atoms with Crippen LogP contribution in [0.5, 0.6) is 0 Å². The van der Waals surface area contributed by atoms with Crippen molar-refractivity contribution in [1.29, 1.82) is 0 Å². The minimum atomic E-state index is -1.24. The number of carbonyl (C=O) groups excluding carboxylic acids is 1. The number of aliphatic hydroxyl groups excluding tert-OH is 1. The number of rotatable bonds is 2. The van der Waals surface area contributed by atoms with Crippen molar-refractivity contribution in [3.8, 4) is 0 Å². The summed E-state index contributed by atoms with van der Waals surface area (Å²) in [5, 5.41) is 24.7. The SMILES string of the molecule is COC(=O)C[C@@H]1C[C@@H]2[C@H]([C@@H](O)C[C@@]3(C)[C@H]2CC[C@@]32OCOC23COCO3)[C@@]2(C)CCC3(C[C@]12O)OCCO3. The number of aliphatic hydroxyl groups is 2. The highest BCUT2D eigenvalue weighted by molar-refractivity contribution is 5.69. The number of fused-ring (bicyclic) bond motifs is 7. The van der Waals surface area contributed by atoms with Crippen LogP contribution in [0.25, 0.3) is 0 Å². The standard InChI is InChI=1S/C28H42O10/c1-23-6-7-25(34-8-9-35-25)13-26(23,31)17(11-21(30)32-3)10-18-19-4-5-27(24(19,2)12-20(29)22(18)23)28(38-16-36-27)14-33-15-37-28/h17-20,22,29,31H,4-16H2,1-3H3/t17-,18-,19-,20-,22+,23+,24-,26-,27+,28?/m0/s1. The Bertz CT molecular complexity index is 971. The highest BCUT2D eigenvalue weighted by Gasteiger charge is 2.79. The lowest BCUT2D eigenvalue weighted by Crippen LogP contribution is -2.72. The predicted octanol–water partition coefficient (Wildman–Crippen LogP) is 2.09. The highest BCUT2D eigenvalue weighted by Crippen LogP contribution is 2.74. The Balaban J connectivity index is 1.29. The molecule has 10 atom stereocenters. The van der Waals surface area contributed by atoms with Gasteiger partial charge in [0.2, 0.25) is 5.79 Å². The van der Waals surface area contributed by atoms with Crippen LogP contribution in [-0.4, -0.2) is 85.6 Å². The first-order valence-electron chi connectivity index (χ1n) is 14.3. The Kier molecular flexibility index (Phi) is 5.73. The van der Waals surface area contributed by atoms with Crippen molar-refractivity contribution in [1.82, 2.24) is 0 Å². The maximum Gasteiger partial charge on any atom is 0.305 e. The molecule has 3 aliphatic heterocycles. The molecule has 3 saturated heterocycles. The highest BCUT2D eigenvalue weighted by atomic mass is 16.9. The summed E-state index contributed by atoms with van der Waals surface area (Å²) >= 11 is 0. The molecule has 0 aromatic rings. The van der Waals surface area contributed by atoms with Crippen LogP contribution in [0, 0.1) is 34.5 Å². The van der Waals surface area contributed by atoms with Crippen molar-refractivity contribution in [2.75, 3.05) is 40.5 Å². The van der Waals surface area contributed by atoms with E-state index in [0.29, 0.717) is 51.9 Å². The zero-order valence-corrected chi connectivity index (χ0v) is 22.7. The molecule has 7 rings (SSSR count). The summed E-state index contributed by atoms with van der Waals surface area (Å²) in [5.41, 5.74) is -3.01. The lowest BCUT2D eigenvalue weighted by molar-refractivity contribution is -0.321. The van der Waals surface area contributed by atoms with E-state index in [4.69, 9.17) is 33.2 Å². The van der Waals surface area contributed by atoms with E-state index < -0.39 is 39.7 Å². The van der Waals surface area contributed by atoms with Crippen molar-refractivity contribution in [3.05, 3.63) is 0 Å². The molecule has 0 amide bonds. The van der Waals surface area contributed by atoms with E-state index in [9.17, 15) is 15.0 Å². The van der Waals surface area contributed by atoms with Crippen LogP contribution < -0.4 is 0 Å². The largest absolute Gasteiger partial charge is 0.469 e. The van der Waals surface area contributed by atoms with Gasteiger partial charge < -0.3 is 43.4 Å². The van der Waals surface area contributed by atoms with Gasteiger partial charge in [-0.1, -0.05) is 13.8 Å². The van der Waals surface area contributed by atoms with E-state index in [0.717, 1.165) is 12.8 Å². The summed E-state index contributed by atoms with van der Waals surface area (Å²) in [6, 6.07) is 0. The molecule has 7 fully saturated rings. The van der Waals surface area contributed by atoms with E-state index in [1.165, 1.54) is 7.11 Å². The molecule has 3 spiro atoms. The fourth-order valence-electron chi connectivity index (χ4n) is 10.8. The maximum absolute atomic E-state index is 12.7. The number of esters is 1. The third-order valence-electron chi connectivity index (χ3n) is 12.4. The number of ether oxygens (including phenoxy) is 7. The second-order valence-electron chi connectivity index (χ2n) is 13.5. The summed E-state index contributed by atoms with van der Waals surface area (Å²) in [7, 11) is 1.39. The molecular weight excluding hydrogens is 496 g/mol. The number of methoxy groups -OCH3 is 1. The second-order valence-corrected chi connectivity index (χ2v) is 13.5. The van der Waals surface area contributed by atoms with Crippen LogP contribution in [0.3, 0.4) is 0 Å². The van der Waals surface area contributed by atoms with Crippen LogP contribution >= 0.6 is 0 Å². The molecule has 1 unspecified atom stereocenters. The summed E-state index contributed by atoms with van der Waals surface area (Å²) < 4.78 is 41.6. The average molecular weight is 539 g/mol. The van der Waals surface area contributed by atoms with E-state index in [-0.39, 0.29) is 49.6 Å². The Hall–Kier alpha value is -0.850. The van der Waals surface area contributed by atoms with Gasteiger partial charge in [0.15, 0.2) is 19.4 Å². The lowest BCUT2D eigenvalue weighted by atomic mass is 9.39. The molecule has 3 heterocycles. The zero-order valence-electron chi connectivity index (χ0n) is 22.7. The molecule has 0 bridgehead atoms. The van der Waals surface area contributed by atoms with Crippen molar-refractivity contribution in [2.24, 2.45) is 34.5 Å². The monoisotopic (exact) mass is 538 g/mol. The first-order chi connectivity index (χ1) is 18.1. The van der Waals surface area contributed by atoms with Crippen LogP contribution in [-0.2, 0) is 38.0 Å². The molecule has 0 radical (unpaired) electrons. The normalized spacial score (nSPS) is 54.8. The number of hydrogen-bond donors (Lipinski definition) is 2. The molecule has 4 saturated carbocycles. The van der Waals surface area contributed by atoms with Gasteiger partial charge in [0, 0.05) is 23.7 Å². The van der Waals surface area contributed by atoms with Crippen LogP contribution in [0.4, 0.5) is 0 Å². The molecule has 10 nitrogen and oxygen atoms in total. The molecule has 0 aromatic carbocycles. The minimum Gasteiger partial charge on any atom is -0.469 e. The van der Waals surface area contributed by atoms with Gasteiger partial charge in [0.25, 0.3) is 0 Å². The van der Waals surface area contributed by atoms with Crippen molar-refractivity contribution < 1.29 is 48.2 Å². The van der Waals surface area contributed by atoms with Gasteiger partial charge in [0.05, 0.1) is 38.4 Å². The molecular formula is C28H42O10. The van der Waals surface area contributed by atoms with Gasteiger partial charge in [-0.05, 0) is 55.8 Å². The van der Waals surface area contributed by atoms with Gasteiger partial charge in [-0.25, -0.2) is 0 Å². The van der Waals surface area contributed by atoms with Gasteiger partial charge >= 0.3 is 5.97 Å². The van der Waals surface area contributed by atoms with E-state index >= 15 is 0 Å². The van der Waals surface area contributed by atoms with E-state index in [2.05, 4.69) is 13.8 Å². The molecule has 0 aromatic heterocycles. The van der Waals surface area contributed by atoms with Gasteiger partial charge in [-0.15, -0.1) is 0 Å². The predicted molar refractivity (Wildman–Crippen MR) is 129 cm³/mol. The van der Waals surface area contributed by atoms with Crippen molar-refractivity contribution in [2.45, 2.75) is 94.1 Å². The van der Waals surface area contributed by atoms with Gasteiger partial charge in [-0.2, -0.15) is 0 Å². The van der Waals surface area contributed by atoms with Gasteiger partial charge in [0.1, 0.15) is 12.2 Å². The summed E-state index contributed by atoms with van der Waals surface area (Å²) in [6.07, 6.45) is 3.85. The fraction of sp³-hybridized carbons (Fsp3) is 0.964. The Labute approximate surface area is 223 Å². The minimum absolute atomic E-state index is 0.0890.